The molecule has 0 heterocycles. The minimum atomic E-state index is -4.31. The highest BCUT2D eigenvalue weighted by Gasteiger charge is 2.32. The number of hydrogen-bond acceptors (Lipinski definition) is 1. The monoisotopic (exact) mass is 232 g/mol. The highest BCUT2D eigenvalue weighted by atomic mass is 19.4. The van der Waals surface area contributed by atoms with E-state index in [0.29, 0.717) is 6.61 Å². The third kappa shape index (κ3) is 3.43. The maximum Gasteiger partial charge on any atom is 0.416 e. The van der Waals surface area contributed by atoms with Gasteiger partial charge in [-0.2, -0.15) is 13.2 Å². The molecule has 1 nitrogen and oxygen atoms in total. The normalized spacial score (nSPS) is 11.6. The van der Waals surface area contributed by atoms with Gasteiger partial charge in [0.15, 0.2) is 0 Å². The summed E-state index contributed by atoms with van der Waals surface area (Å²) in [6.45, 7) is 3.90. The average molecular weight is 232 g/mol. The predicted molar refractivity (Wildman–Crippen MR) is 56.6 cm³/mol. The first kappa shape index (κ1) is 12.9. The molecular formula is C12H15F3O. The third-order valence-corrected chi connectivity index (χ3v) is 2.28. The van der Waals surface area contributed by atoms with Gasteiger partial charge in [-0.3, -0.25) is 0 Å². The first-order valence-electron chi connectivity index (χ1n) is 5.25. The van der Waals surface area contributed by atoms with E-state index in [4.69, 9.17) is 4.74 Å². The Hall–Kier alpha value is -1.19. The lowest BCUT2D eigenvalue weighted by Gasteiger charge is -2.12. The number of rotatable bonds is 4. The van der Waals surface area contributed by atoms with Crippen LogP contribution in [0, 0.1) is 6.92 Å². The number of aryl methyl sites for hydroxylation is 1. The molecule has 90 valence electrons. The van der Waals surface area contributed by atoms with Gasteiger partial charge in [-0.1, -0.05) is 19.4 Å². The highest BCUT2D eigenvalue weighted by molar-refractivity contribution is 5.36. The Morgan fingerprint density at radius 3 is 2.50 bits per heavy atom. The van der Waals surface area contributed by atoms with Crippen LogP contribution in [0.5, 0.6) is 5.75 Å². The standard InChI is InChI=1S/C12H15F3O/c1-3-4-7-16-10-6-5-9(2)11(8-10)12(13,14)15/h5-6,8H,3-4,7H2,1-2H3. The summed E-state index contributed by atoms with van der Waals surface area (Å²) < 4.78 is 42.9. The average Bonchev–Trinajstić information content (AvgIpc) is 2.19. The van der Waals surface area contributed by atoms with Crippen LogP contribution in [0.4, 0.5) is 13.2 Å². The molecule has 0 saturated heterocycles. The summed E-state index contributed by atoms with van der Waals surface area (Å²) in [5.41, 5.74) is -0.406. The lowest BCUT2D eigenvalue weighted by atomic mass is 10.1. The molecule has 0 spiro atoms. The Balaban J connectivity index is 2.82. The summed E-state index contributed by atoms with van der Waals surface area (Å²) in [5, 5.41) is 0. The molecule has 0 bridgehead atoms. The highest BCUT2D eigenvalue weighted by Crippen LogP contribution is 2.33. The van der Waals surface area contributed by atoms with E-state index in [1.54, 1.807) is 6.07 Å². The molecule has 0 aliphatic rings. The minimum absolute atomic E-state index is 0.218. The van der Waals surface area contributed by atoms with Crippen molar-refractivity contribution >= 4 is 0 Å². The molecule has 0 aromatic heterocycles. The number of benzene rings is 1. The van der Waals surface area contributed by atoms with Crippen LogP contribution in [0.1, 0.15) is 30.9 Å². The van der Waals surface area contributed by atoms with E-state index in [9.17, 15) is 13.2 Å². The van der Waals surface area contributed by atoms with Gasteiger partial charge in [0.05, 0.1) is 12.2 Å². The van der Waals surface area contributed by atoms with Crippen molar-refractivity contribution < 1.29 is 17.9 Å². The van der Waals surface area contributed by atoms with Gasteiger partial charge < -0.3 is 4.74 Å². The zero-order valence-electron chi connectivity index (χ0n) is 9.40. The summed E-state index contributed by atoms with van der Waals surface area (Å²) in [5.74, 6) is 0.284. The summed E-state index contributed by atoms with van der Waals surface area (Å²) in [6.07, 6.45) is -2.51. The predicted octanol–water partition coefficient (Wildman–Crippen LogP) is 4.19. The molecule has 1 aromatic carbocycles. The fourth-order valence-electron chi connectivity index (χ4n) is 1.33. The van der Waals surface area contributed by atoms with E-state index in [0.717, 1.165) is 18.9 Å². The summed E-state index contributed by atoms with van der Waals surface area (Å²) in [4.78, 5) is 0. The minimum Gasteiger partial charge on any atom is -0.494 e. The van der Waals surface area contributed by atoms with Crippen LogP contribution in [0.3, 0.4) is 0 Å². The second kappa shape index (κ2) is 5.23. The SMILES string of the molecule is CCCCOc1ccc(C)c(C(F)(F)F)c1. The molecule has 1 aromatic rings. The van der Waals surface area contributed by atoms with E-state index in [1.165, 1.54) is 13.0 Å². The largest absolute Gasteiger partial charge is 0.494 e. The Kier molecular flexibility index (Phi) is 4.21. The Bertz CT molecular complexity index is 345. The van der Waals surface area contributed by atoms with Crippen molar-refractivity contribution in [1.82, 2.24) is 0 Å². The van der Waals surface area contributed by atoms with Gasteiger partial charge >= 0.3 is 6.18 Å². The maximum absolute atomic E-state index is 12.6. The molecule has 0 atom stereocenters. The molecule has 0 unspecified atom stereocenters. The van der Waals surface area contributed by atoms with Crippen LogP contribution in [0.15, 0.2) is 18.2 Å². The summed E-state index contributed by atoms with van der Waals surface area (Å²) >= 11 is 0. The molecule has 0 aliphatic heterocycles. The number of hydrogen-bond donors (Lipinski definition) is 0. The van der Waals surface area contributed by atoms with Gasteiger partial charge in [-0.15, -0.1) is 0 Å². The second-order valence-electron chi connectivity index (χ2n) is 3.68. The maximum atomic E-state index is 12.6. The second-order valence-corrected chi connectivity index (χ2v) is 3.68. The number of halogens is 3. The van der Waals surface area contributed by atoms with Gasteiger partial charge in [0.1, 0.15) is 5.75 Å². The fraction of sp³-hybridized carbons (Fsp3) is 0.500. The zero-order chi connectivity index (χ0) is 12.2. The van der Waals surface area contributed by atoms with Crippen molar-refractivity contribution in [3.63, 3.8) is 0 Å². The topological polar surface area (TPSA) is 9.23 Å². The van der Waals surface area contributed by atoms with Crippen molar-refractivity contribution in [2.24, 2.45) is 0 Å². The van der Waals surface area contributed by atoms with Crippen LogP contribution in [0.2, 0.25) is 0 Å². The van der Waals surface area contributed by atoms with Crippen molar-refractivity contribution in [3.05, 3.63) is 29.3 Å². The molecule has 1 rings (SSSR count). The number of ether oxygens (including phenoxy) is 1. The third-order valence-electron chi connectivity index (χ3n) is 2.28. The van der Waals surface area contributed by atoms with E-state index >= 15 is 0 Å². The lowest BCUT2D eigenvalue weighted by molar-refractivity contribution is -0.138. The van der Waals surface area contributed by atoms with E-state index in [1.807, 2.05) is 6.92 Å². The van der Waals surface area contributed by atoms with Crippen molar-refractivity contribution in [1.29, 1.82) is 0 Å². The molecule has 0 radical (unpaired) electrons. The molecule has 0 amide bonds. The fourth-order valence-corrected chi connectivity index (χ4v) is 1.33. The van der Waals surface area contributed by atoms with Crippen molar-refractivity contribution in [2.45, 2.75) is 32.9 Å². The number of alkyl halides is 3. The van der Waals surface area contributed by atoms with E-state index in [2.05, 4.69) is 0 Å². The van der Waals surface area contributed by atoms with Gasteiger partial charge in [-0.05, 0) is 31.0 Å². The van der Waals surface area contributed by atoms with Crippen LogP contribution in [0.25, 0.3) is 0 Å². The quantitative estimate of drug-likeness (QED) is 0.707. The summed E-state index contributed by atoms with van der Waals surface area (Å²) in [7, 11) is 0. The van der Waals surface area contributed by atoms with Crippen LogP contribution in [-0.2, 0) is 6.18 Å². The molecule has 4 heteroatoms. The molecule has 16 heavy (non-hydrogen) atoms. The molecule has 0 aliphatic carbocycles. The molecule has 0 N–H and O–H groups in total. The van der Waals surface area contributed by atoms with Gasteiger partial charge in [0.25, 0.3) is 0 Å². The summed E-state index contributed by atoms with van der Waals surface area (Å²) in [6, 6.07) is 4.06. The van der Waals surface area contributed by atoms with Gasteiger partial charge in [0, 0.05) is 0 Å². The van der Waals surface area contributed by atoms with Crippen molar-refractivity contribution in [2.75, 3.05) is 6.61 Å². The molecule has 0 fully saturated rings. The number of unbranched alkanes of at least 4 members (excludes halogenated alkanes) is 1. The smallest absolute Gasteiger partial charge is 0.416 e. The van der Waals surface area contributed by atoms with Crippen molar-refractivity contribution in [3.8, 4) is 5.75 Å². The zero-order valence-corrected chi connectivity index (χ0v) is 9.40. The van der Waals surface area contributed by atoms with Crippen LogP contribution in [-0.4, -0.2) is 6.61 Å². The van der Waals surface area contributed by atoms with Gasteiger partial charge in [-0.25, -0.2) is 0 Å². The van der Waals surface area contributed by atoms with Gasteiger partial charge in [0.2, 0.25) is 0 Å². The molecule has 0 saturated carbocycles. The lowest BCUT2D eigenvalue weighted by Crippen LogP contribution is -2.08. The molecular weight excluding hydrogens is 217 g/mol. The Morgan fingerprint density at radius 2 is 1.94 bits per heavy atom. The van der Waals surface area contributed by atoms with Crippen LogP contribution < -0.4 is 4.74 Å². The first-order valence-corrected chi connectivity index (χ1v) is 5.25. The van der Waals surface area contributed by atoms with E-state index < -0.39 is 11.7 Å². The Labute approximate surface area is 93.2 Å². The Morgan fingerprint density at radius 1 is 1.25 bits per heavy atom. The van der Waals surface area contributed by atoms with Crippen LogP contribution >= 0.6 is 0 Å². The first-order chi connectivity index (χ1) is 7.45. The van der Waals surface area contributed by atoms with E-state index in [-0.39, 0.29) is 11.3 Å².